The molecular formula is C18H21NO3. The summed E-state index contributed by atoms with van der Waals surface area (Å²) in [5, 5.41) is 19.6. The van der Waals surface area contributed by atoms with Crippen molar-refractivity contribution < 1.29 is 14.9 Å². The lowest BCUT2D eigenvalue weighted by Crippen LogP contribution is -1.90. The molecule has 0 spiro atoms. The van der Waals surface area contributed by atoms with E-state index in [1.54, 1.807) is 30.5 Å². The Morgan fingerprint density at radius 1 is 1.09 bits per heavy atom. The lowest BCUT2D eigenvalue weighted by atomic mass is 9.99. The lowest BCUT2D eigenvalue weighted by Gasteiger charge is -2.11. The van der Waals surface area contributed by atoms with Crippen molar-refractivity contribution in [3.8, 4) is 17.2 Å². The van der Waals surface area contributed by atoms with Gasteiger partial charge in [-0.25, -0.2) is 0 Å². The Morgan fingerprint density at radius 2 is 1.82 bits per heavy atom. The third-order valence-corrected chi connectivity index (χ3v) is 3.52. The number of hydrogen-bond donors (Lipinski definition) is 2. The predicted molar refractivity (Wildman–Crippen MR) is 88.8 cm³/mol. The normalized spacial score (nSPS) is 11.3. The van der Waals surface area contributed by atoms with Crippen molar-refractivity contribution >= 4 is 11.9 Å². The van der Waals surface area contributed by atoms with Crippen molar-refractivity contribution in [1.29, 1.82) is 0 Å². The smallest absolute Gasteiger partial charge is 0.161 e. The summed E-state index contributed by atoms with van der Waals surface area (Å²) in [4.78, 5) is 4.49. The van der Waals surface area contributed by atoms with E-state index in [0.29, 0.717) is 11.5 Å². The third kappa shape index (κ3) is 3.39. The van der Waals surface area contributed by atoms with Gasteiger partial charge in [-0.1, -0.05) is 13.8 Å². The van der Waals surface area contributed by atoms with Crippen LogP contribution in [0.25, 0.3) is 0 Å². The fourth-order valence-electron chi connectivity index (χ4n) is 2.22. The number of aryl methyl sites for hydroxylation is 1. The van der Waals surface area contributed by atoms with E-state index in [9.17, 15) is 10.2 Å². The molecule has 22 heavy (non-hydrogen) atoms. The molecule has 0 heterocycles. The van der Waals surface area contributed by atoms with E-state index in [1.165, 1.54) is 7.11 Å². The van der Waals surface area contributed by atoms with Crippen LogP contribution < -0.4 is 4.74 Å². The number of phenols is 2. The minimum Gasteiger partial charge on any atom is -0.508 e. The minimum absolute atomic E-state index is 0.0996. The van der Waals surface area contributed by atoms with Crippen LogP contribution in [0.3, 0.4) is 0 Å². The maximum atomic E-state index is 9.97. The molecule has 0 bridgehead atoms. The van der Waals surface area contributed by atoms with E-state index >= 15 is 0 Å². The van der Waals surface area contributed by atoms with Crippen molar-refractivity contribution in [3.63, 3.8) is 0 Å². The SMILES string of the molecule is COc1cc(C=Nc2cc(C(C)C)c(O)cc2C)ccc1O. The molecule has 0 unspecified atom stereocenters. The van der Waals surface area contributed by atoms with E-state index in [-0.39, 0.29) is 11.7 Å². The van der Waals surface area contributed by atoms with Gasteiger partial charge in [-0.3, -0.25) is 4.99 Å². The van der Waals surface area contributed by atoms with Crippen LogP contribution >= 0.6 is 0 Å². The van der Waals surface area contributed by atoms with Gasteiger partial charge in [-0.2, -0.15) is 0 Å². The largest absolute Gasteiger partial charge is 0.508 e. The number of methoxy groups -OCH3 is 1. The lowest BCUT2D eigenvalue weighted by molar-refractivity contribution is 0.373. The second-order valence-corrected chi connectivity index (χ2v) is 5.54. The first-order valence-electron chi connectivity index (χ1n) is 7.17. The van der Waals surface area contributed by atoms with Crippen molar-refractivity contribution in [1.82, 2.24) is 0 Å². The van der Waals surface area contributed by atoms with Gasteiger partial charge in [-0.05, 0) is 59.9 Å². The molecule has 2 aromatic carbocycles. The molecule has 0 aromatic heterocycles. The summed E-state index contributed by atoms with van der Waals surface area (Å²) in [5.74, 6) is 1.04. The Labute approximate surface area is 130 Å². The number of aromatic hydroxyl groups is 2. The highest BCUT2D eigenvalue weighted by molar-refractivity contribution is 5.83. The Hall–Kier alpha value is -2.49. The number of aliphatic imine (C=N–C) groups is 1. The second kappa shape index (κ2) is 6.52. The van der Waals surface area contributed by atoms with Crippen LogP contribution in [0.4, 0.5) is 5.69 Å². The van der Waals surface area contributed by atoms with E-state index in [2.05, 4.69) is 4.99 Å². The minimum atomic E-state index is 0.0996. The monoisotopic (exact) mass is 299 g/mol. The Kier molecular flexibility index (Phi) is 4.71. The molecule has 2 rings (SSSR count). The number of benzene rings is 2. The summed E-state index contributed by atoms with van der Waals surface area (Å²) >= 11 is 0. The quantitative estimate of drug-likeness (QED) is 0.828. The molecule has 4 heteroatoms. The maximum Gasteiger partial charge on any atom is 0.161 e. The highest BCUT2D eigenvalue weighted by Crippen LogP contribution is 2.32. The molecule has 0 saturated heterocycles. The Bertz CT molecular complexity index is 706. The van der Waals surface area contributed by atoms with E-state index in [1.807, 2.05) is 26.8 Å². The number of nitrogens with zero attached hydrogens (tertiary/aromatic N) is 1. The standard InChI is InChI=1S/C18H21NO3/c1-11(2)14-9-15(12(3)7-17(14)21)19-10-13-5-6-16(20)18(8-13)22-4/h5-11,20-21H,1-4H3. The van der Waals surface area contributed by atoms with Crippen molar-refractivity contribution in [2.75, 3.05) is 7.11 Å². The molecule has 2 N–H and O–H groups in total. The molecule has 0 aliphatic rings. The van der Waals surface area contributed by atoms with Gasteiger partial charge in [-0.15, -0.1) is 0 Å². The van der Waals surface area contributed by atoms with Gasteiger partial charge < -0.3 is 14.9 Å². The zero-order valence-corrected chi connectivity index (χ0v) is 13.3. The van der Waals surface area contributed by atoms with Gasteiger partial charge in [0.15, 0.2) is 11.5 Å². The van der Waals surface area contributed by atoms with Crippen molar-refractivity contribution in [3.05, 3.63) is 47.0 Å². The van der Waals surface area contributed by atoms with Gasteiger partial charge in [0, 0.05) is 6.21 Å². The Morgan fingerprint density at radius 3 is 2.45 bits per heavy atom. The molecule has 2 aromatic rings. The van der Waals surface area contributed by atoms with Gasteiger partial charge >= 0.3 is 0 Å². The fourth-order valence-corrected chi connectivity index (χ4v) is 2.22. The van der Waals surface area contributed by atoms with Crippen LogP contribution in [0, 0.1) is 6.92 Å². The molecule has 0 aliphatic carbocycles. The molecule has 0 saturated carbocycles. The summed E-state index contributed by atoms with van der Waals surface area (Å²) < 4.78 is 5.08. The Balaban J connectivity index is 2.36. The van der Waals surface area contributed by atoms with Crippen LogP contribution in [0.15, 0.2) is 35.3 Å². The third-order valence-electron chi connectivity index (χ3n) is 3.52. The van der Waals surface area contributed by atoms with E-state index < -0.39 is 0 Å². The molecule has 0 atom stereocenters. The van der Waals surface area contributed by atoms with Gasteiger partial charge in [0.2, 0.25) is 0 Å². The zero-order valence-electron chi connectivity index (χ0n) is 13.3. The van der Waals surface area contributed by atoms with Crippen LogP contribution in [0.2, 0.25) is 0 Å². The first-order chi connectivity index (χ1) is 10.4. The maximum absolute atomic E-state index is 9.97. The van der Waals surface area contributed by atoms with E-state index in [0.717, 1.165) is 22.4 Å². The number of phenolic OH excluding ortho intramolecular Hbond substituents is 2. The summed E-state index contributed by atoms with van der Waals surface area (Å²) in [6.45, 7) is 5.97. The highest BCUT2D eigenvalue weighted by atomic mass is 16.5. The topological polar surface area (TPSA) is 62.0 Å². The average molecular weight is 299 g/mol. The first kappa shape index (κ1) is 15.9. The van der Waals surface area contributed by atoms with Gasteiger partial charge in [0.25, 0.3) is 0 Å². The van der Waals surface area contributed by atoms with Crippen LogP contribution in [0.1, 0.15) is 36.5 Å². The van der Waals surface area contributed by atoms with Crippen LogP contribution in [-0.2, 0) is 0 Å². The predicted octanol–water partition coefficient (Wildman–Crippen LogP) is 4.29. The highest BCUT2D eigenvalue weighted by Gasteiger charge is 2.09. The van der Waals surface area contributed by atoms with Crippen molar-refractivity contribution in [2.45, 2.75) is 26.7 Å². The zero-order chi connectivity index (χ0) is 16.3. The molecule has 0 aliphatic heterocycles. The first-order valence-corrected chi connectivity index (χ1v) is 7.17. The molecule has 4 nitrogen and oxygen atoms in total. The molecule has 0 fully saturated rings. The average Bonchev–Trinajstić information content (AvgIpc) is 2.47. The van der Waals surface area contributed by atoms with Gasteiger partial charge in [0.1, 0.15) is 5.75 Å². The van der Waals surface area contributed by atoms with Crippen molar-refractivity contribution in [2.24, 2.45) is 4.99 Å². The molecule has 0 amide bonds. The van der Waals surface area contributed by atoms with Gasteiger partial charge in [0.05, 0.1) is 12.8 Å². The van der Waals surface area contributed by atoms with Crippen LogP contribution in [-0.4, -0.2) is 23.5 Å². The summed E-state index contributed by atoms with van der Waals surface area (Å²) in [6, 6.07) is 8.70. The second-order valence-electron chi connectivity index (χ2n) is 5.54. The number of hydrogen-bond acceptors (Lipinski definition) is 4. The summed E-state index contributed by atoms with van der Waals surface area (Å²) in [7, 11) is 1.51. The summed E-state index contributed by atoms with van der Waals surface area (Å²) in [6.07, 6.45) is 1.71. The molecule has 116 valence electrons. The summed E-state index contributed by atoms with van der Waals surface area (Å²) in [5.41, 5.74) is 3.42. The van der Waals surface area contributed by atoms with E-state index in [4.69, 9.17) is 4.74 Å². The number of ether oxygens (including phenoxy) is 1. The fraction of sp³-hybridized carbons (Fsp3) is 0.278. The number of rotatable bonds is 4. The van der Waals surface area contributed by atoms with Crippen LogP contribution in [0.5, 0.6) is 17.2 Å². The molecule has 0 radical (unpaired) electrons. The molecular weight excluding hydrogens is 278 g/mol.